The van der Waals surface area contributed by atoms with Crippen LogP contribution in [0.5, 0.6) is 0 Å². The van der Waals surface area contributed by atoms with Crippen LogP contribution in [0, 0.1) is 6.92 Å². The molecule has 1 N–H and O–H groups in total. The van der Waals surface area contributed by atoms with Gasteiger partial charge in [0.05, 0.1) is 19.8 Å². The molecule has 2 heterocycles. The fourth-order valence-electron chi connectivity index (χ4n) is 2.84. The Balaban J connectivity index is 1.54. The Kier molecular flexibility index (Phi) is 6.71. The first-order valence-electron chi connectivity index (χ1n) is 9.07. The van der Waals surface area contributed by atoms with E-state index in [1.807, 2.05) is 31.2 Å². The monoisotopic (exact) mass is 423 g/mol. The Morgan fingerprint density at radius 2 is 1.86 bits per heavy atom. The SMILES string of the molecule is Cc1ccc(CN(C)C(=O)NCc2ccc(S(=O)(=O)N3CCOCC3)s2)cc1. The molecule has 0 aliphatic carbocycles. The van der Waals surface area contributed by atoms with Gasteiger partial charge in [-0.15, -0.1) is 11.3 Å². The Morgan fingerprint density at radius 1 is 1.18 bits per heavy atom. The summed E-state index contributed by atoms with van der Waals surface area (Å²) in [4.78, 5) is 14.7. The van der Waals surface area contributed by atoms with E-state index in [9.17, 15) is 13.2 Å². The molecule has 2 aromatic rings. The van der Waals surface area contributed by atoms with Crippen LogP contribution in [-0.2, 0) is 27.8 Å². The minimum Gasteiger partial charge on any atom is -0.379 e. The van der Waals surface area contributed by atoms with Gasteiger partial charge in [0.15, 0.2) is 0 Å². The van der Waals surface area contributed by atoms with E-state index >= 15 is 0 Å². The van der Waals surface area contributed by atoms with Crippen LogP contribution >= 0.6 is 11.3 Å². The number of urea groups is 1. The summed E-state index contributed by atoms with van der Waals surface area (Å²) in [6.07, 6.45) is 0. The average molecular weight is 424 g/mol. The van der Waals surface area contributed by atoms with Gasteiger partial charge in [0.1, 0.15) is 4.21 Å². The van der Waals surface area contributed by atoms with Gasteiger partial charge in [0.2, 0.25) is 0 Å². The van der Waals surface area contributed by atoms with Crippen molar-refractivity contribution in [2.24, 2.45) is 0 Å². The molecule has 28 heavy (non-hydrogen) atoms. The molecule has 0 saturated carbocycles. The summed E-state index contributed by atoms with van der Waals surface area (Å²) in [5.41, 5.74) is 2.23. The maximum atomic E-state index is 12.7. The number of nitrogens with one attached hydrogen (secondary N) is 1. The van der Waals surface area contributed by atoms with E-state index in [2.05, 4.69) is 5.32 Å². The van der Waals surface area contributed by atoms with Crippen LogP contribution in [0.1, 0.15) is 16.0 Å². The number of hydrogen-bond donors (Lipinski definition) is 1. The second kappa shape index (κ2) is 9.04. The zero-order chi connectivity index (χ0) is 20.1. The summed E-state index contributed by atoms with van der Waals surface area (Å²) < 4.78 is 32.3. The van der Waals surface area contributed by atoms with Gasteiger partial charge in [-0.3, -0.25) is 0 Å². The molecule has 7 nitrogen and oxygen atoms in total. The minimum absolute atomic E-state index is 0.202. The normalized spacial score (nSPS) is 15.4. The molecule has 0 spiro atoms. The molecular formula is C19H25N3O4S2. The summed E-state index contributed by atoms with van der Waals surface area (Å²) >= 11 is 1.19. The van der Waals surface area contributed by atoms with Crippen molar-refractivity contribution in [1.29, 1.82) is 0 Å². The van der Waals surface area contributed by atoms with E-state index in [1.54, 1.807) is 24.1 Å². The number of hydrogen-bond acceptors (Lipinski definition) is 5. The standard InChI is InChI=1S/C19H25N3O4S2/c1-15-3-5-16(6-4-15)14-21(2)19(23)20-13-17-7-8-18(27-17)28(24,25)22-9-11-26-12-10-22/h3-8H,9-14H2,1-2H3,(H,20,23). The van der Waals surface area contributed by atoms with Crippen molar-refractivity contribution in [3.63, 3.8) is 0 Å². The van der Waals surface area contributed by atoms with Gasteiger partial charge in [-0.25, -0.2) is 13.2 Å². The lowest BCUT2D eigenvalue weighted by molar-refractivity contribution is 0.0731. The molecule has 0 bridgehead atoms. The number of carbonyl (C=O) groups excluding carboxylic acids is 1. The second-order valence-electron chi connectivity index (χ2n) is 6.74. The van der Waals surface area contributed by atoms with Gasteiger partial charge >= 0.3 is 6.03 Å². The minimum atomic E-state index is -3.49. The van der Waals surface area contributed by atoms with Crippen molar-refractivity contribution >= 4 is 27.4 Å². The maximum absolute atomic E-state index is 12.7. The van der Waals surface area contributed by atoms with Crippen LogP contribution in [-0.4, -0.2) is 57.0 Å². The zero-order valence-electron chi connectivity index (χ0n) is 16.1. The number of carbonyl (C=O) groups is 1. The third-order valence-corrected chi connectivity index (χ3v) is 7.95. The van der Waals surface area contributed by atoms with Gasteiger partial charge in [0, 0.05) is 31.6 Å². The van der Waals surface area contributed by atoms with Gasteiger partial charge in [-0.1, -0.05) is 29.8 Å². The lowest BCUT2D eigenvalue weighted by atomic mass is 10.1. The summed E-state index contributed by atoms with van der Waals surface area (Å²) in [5.74, 6) is 0. The number of nitrogens with zero attached hydrogens (tertiary/aromatic N) is 2. The molecule has 1 aliphatic heterocycles. The maximum Gasteiger partial charge on any atom is 0.317 e. The lowest BCUT2D eigenvalue weighted by Gasteiger charge is -2.25. The molecular weight excluding hydrogens is 398 g/mol. The number of thiophene rings is 1. The Hall–Kier alpha value is -1.94. The number of sulfonamides is 1. The molecule has 1 aromatic carbocycles. The Bertz CT molecular complexity index is 904. The van der Waals surface area contributed by atoms with Crippen molar-refractivity contribution in [1.82, 2.24) is 14.5 Å². The molecule has 0 unspecified atom stereocenters. The van der Waals surface area contributed by atoms with Crippen LogP contribution in [0.15, 0.2) is 40.6 Å². The highest BCUT2D eigenvalue weighted by Gasteiger charge is 2.27. The number of benzene rings is 1. The number of morpholine rings is 1. The first-order chi connectivity index (χ1) is 13.4. The van der Waals surface area contributed by atoms with Crippen molar-refractivity contribution in [3.8, 4) is 0 Å². The largest absolute Gasteiger partial charge is 0.379 e. The van der Waals surface area contributed by atoms with Crippen LogP contribution in [0.3, 0.4) is 0 Å². The van der Waals surface area contributed by atoms with E-state index in [-0.39, 0.29) is 6.03 Å². The lowest BCUT2D eigenvalue weighted by Crippen LogP contribution is -2.40. The molecule has 0 radical (unpaired) electrons. The molecule has 9 heteroatoms. The fourth-order valence-corrected chi connectivity index (χ4v) is 5.70. The van der Waals surface area contributed by atoms with Gasteiger partial charge < -0.3 is 15.0 Å². The predicted molar refractivity (Wildman–Crippen MR) is 109 cm³/mol. The van der Waals surface area contributed by atoms with Crippen molar-refractivity contribution in [2.75, 3.05) is 33.4 Å². The average Bonchev–Trinajstić information content (AvgIpc) is 3.18. The molecule has 2 amide bonds. The summed E-state index contributed by atoms with van der Waals surface area (Å²) in [5, 5.41) is 2.84. The second-order valence-corrected chi connectivity index (χ2v) is 10.1. The van der Waals surface area contributed by atoms with Crippen molar-refractivity contribution in [3.05, 3.63) is 52.4 Å². The number of aryl methyl sites for hydroxylation is 1. The first kappa shape index (κ1) is 20.8. The van der Waals surface area contributed by atoms with Gasteiger partial charge in [-0.05, 0) is 24.6 Å². The van der Waals surface area contributed by atoms with Crippen molar-refractivity contribution in [2.45, 2.75) is 24.2 Å². The third kappa shape index (κ3) is 5.11. The van der Waals surface area contributed by atoms with Crippen LogP contribution in [0.4, 0.5) is 4.79 Å². The van der Waals surface area contributed by atoms with Gasteiger partial charge in [0.25, 0.3) is 10.0 Å². The van der Waals surface area contributed by atoms with E-state index in [4.69, 9.17) is 4.74 Å². The van der Waals surface area contributed by atoms with E-state index in [1.165, 1.54) is 21.2 Å². The van der Waals surface area contributed by atoms with E-state index in [0.717, 1.165) is 10.4 Å². The van der Waals surface area contributed by atoms with E-state index in [0.29, 0.717) is 43.6 Å². The molecule has 0 atom stereocenters. The summed E-state index contributed by atoms with van der Waals surface area (Å²) in [7, 11) is -1.76. The predicted octanol–water partition coefficient (Wildman–Crippen LogP) is 2.42. The molecule has 1 saturated heterocycles. The van der Waals surface area contributed by atoms with Crippen molar-refractivity contribution < 1.29 is 17.9 Å². The molecule has 3 rings (SSSR count). The summed E-state index contributed by atoms with van der Waals surface area (Å²) in [6, 6.07) is 11.2. The Morgan fingerprint density at radius 3 is 2.54 bits per heavy atom. The summed E-state index contributed by atoms with van der Waals surface area (Å²) in [6.45, 7) is 4.40. The highest BCUT2D eigenvalue weighted by molar-refractivity contribution is 7.91. The molecule has 1 fully saturated rings. The number of amides is 2. The number of ether oxygens (including phenoxy) is 1. The highest BCUT2D eigenvalue weighted by Crippen LogP contribution is 2.25. The van der Waals surface area contributed by atoms with Crippen LogP contribution in [0.25, 0.3) is 0 Å². The first-order valence-corrected chi connectivity index (χ1v) is 11.3. The van der Waals surface area contributed by atoms with Gasteiger partial charge in [-0.2, -0.15) is 4.31 Å². The molecule has 1 aromatic heterocycles. The highest BCUT2D eigenvalue weighted by atomic mass is 32.2. The molecule has 1 aliphatic rings. The van der Waals surface area contributed by atoms with Crippen LogP contribution < -0.4 is 5.32 Å². The number of rotatable bonds is 6. The smallest absolute Gasteiger partial charge is 0.317 e. The quantitative estimate of drug-likeness (QED) is 0.774. The Labute approximate surface area is 170 Å². The zero-order valence-corrected chi connectivity index (χ0v) is 17.7. The molecule has 152 valence electrons. The fraction of sp³-hybridized carbons (Fsp3) is 0.421. The topological polar surface area (TPSA) is 79.0 Å². The van der Waals surface area contributed by atoms with E-state index < -0.39 is 10.0 Å². The third-order valence-electron chi connectivity index (χ3n) is 4.50. The van der Waals surface area contributed by atoms with Crippen LogP contribution in [0.2, 0.25) is 0 Å².